The lowest BCUT2D eigenvalue weighted by Gasteiger charge is -2.36. The van der Waals surface area contributed by atoms with Crippen LogP contribution in [0.4, 0.5) is 10.1 Å². The number of rotatable bonds is 4. The number of para-hydroxylation sites is 1. The second-order valence-corrected chi connectivity index (χ2v) is 8.25. The van der Waals surface area contributed by atoms with Crippen LogP contribution in [-0.2, 0) is 14.8 Å². The highest BCUT2D eigenvalue weighted by molar-refractivity contribution is 7.89. The van der Waals surface area contributed by atoms with Gasteiger partial charge in [-0.25, -0.2) is 17.6 Å². The molecule has 1 aliphatic rings. The molecule has 2 aromatic carbocycles. The molecule has 3 rings (SSSR count). The number of halogens is 1. The molecule has 144 valence electrons. The molecule has 8 heteroatoms. The van der Waals surface area contributed by atoms with Gasteiger partial charge in [0.1, 0.15) is 5.82 Å². The van der Waals surface area contributed by atoms with Crippen molar-refractivity contribution in [3.05, 3.63) is 59.4 Å². The van der Waals surface area contributed by atoms with Crippen LogP contribution in [0.3, 0.4) is 0 Å². The SMILES string of the molecule is COC(=O)c1ccccc1N1CCN(S(=O)(=O)c2ccc(F)c(C)c2)CC1. The van der Waals surface area contributed by atoms with Gasteiger partial charge in [0.25, 0.3) is 0 Å². The van der Waals surface area contributed by atoms with E-state index in [1.165, 1.54) is 36.5 Å². The summed E-state index contributed by atoms with van der Waals surface area (Å²) in [6.45, 7) is 2.96. The Labute approximate surface area is 158 Å². The molecule has 0 saturated carbocycles. The van der Waals surface area contributed by atoms with Crippen molar-refractivity contribution >= 4 is 21.7 Å². The van der Waals surface area contributed by atoms with Crippen molar-refractivity contribution < 1.29 is 22.3 Å². The lowest BCUT2D eigenvalue weighted by molar-refractivity contribution is 0.0601. The molecule has 1 aliphatic heterocycles. The molecule has 1 saturated heterocycles. The largest absolute Gasteiger partial charge is 0.465 e. The Kier molecular flexibility index (Phi) is 5.48. The van der Waals surface area contributed by atoms with Crippen LogP contribution in [0.25, 0.3) is 0 Å². The minimum absolute atomic E-state index is 0.0878. The van der Waals surface area contributed by atoms with Crippen molar-refractivity contribution in [2.24, 2.45) is 0 Å². The van der Waals surface area contributed by atoms with Gasteiger partial charge in [0.15, 0.2) is 0 Å². The Hall–Kier alpha value is -2.45. The summed E-state index contributed by atoms with van der Waals surface area (Å²) < 4.78 is 45.3. The zero-order chi connectivity index (χ0) is 19.6. The van der Waals surface area contributed by atoms with E-state index < -0.39 is 21.8 Å². The summed E-state index contributed by atoms with van der Waals surface area (Å²) in [6.07, 6.45) is 0. The van der Waals surface area contributed by atoms with Crippen molar-refractivity contribution in [3.8, 4) is 0 Å². The molecular weight excluding hydrogens is 371 g/mol. The number of hydrogen-bond donors (Lipinski definition) is 0. The standard InChI is InChI=1S/C19H21FN2O4S/c1-14-13-15(7-8-17(14)20)27(24,25)22-11-9-21(10-12-22)18-6-4-3-5-16(18)19(23)26-2/h3-8,13H,9-12H2,1-2H3. The fourth-order valence-corrected chi connectivity index (χ4v) is 4.64. The summed E-state index contributed by atoms with van der Waals surface area (Å²) in [6, 6.07) is 10.9. The number of esters is 1. The van der Waals surface area contributed by atoms with Gasteiger partial charge in [0.05, 0.1) is 23.3 Å². The van der Waals surface area contributed by atoms with Gasteiger partial charge in [-0.3, -0.25) is 0 Å². The second kappa shape index (κ2) is 7.66. The normalized spacial score (nSPS) is 15.6. The van der Waals surface area contributed by atoms with Gasteiger partial charge >= 0.3 is 5.97 Å². The number of sulfonamides is 1. The van der Waals surface area contributed by atoms with Crippen molar-refractivity contribution in [2.75, 3.05) is 38.2 Å². The minimum Gasteiger partial charge on any atom is -0.465 e. The van der Waals surface area contributed by atoms with Crippen molar-refractivity contribution in [1.29, 1.82) is 0 Å². The van der Waals surface area contributed by atoms with Crippen LogP contribution in [0.15, 0.2) is 47.4 Å². The van der Waals surface area contributed by atoms with Crippen LogP contribution in [0.1, 0.15) is 15.9 Å². The van der Waals surface area contributed by atoms with Gasteiger partial charge in [-0.2, -0.15) is 4.31 Å². The molecule has 0 bridgehead atoms. The second-order valence-electron chi connectivity index (χ2n) is 6.31. The van der Waals surface area contributed by atoms with E-state index in [1.807, 2.05) is 17.0 Å². The topological polar surface area (TPSA) is 66.9 Å². The van der Waals surface area contributed by atoms with Crippen LogP contribution in [0, 0.1) is 12.7 Å². The molecule has 1 heterocycles. The Bertz CT molecular complexity index is 954. The van der Waals surface area contributed by atoms with Crippen LogP contribution in [-0.4, -0.2) is 52.0 Å². The van der Waals surface area contributed by atoms with E-state index in [2.05, 4.69) is 0 Å². The molecule has 0 aromatic heterocycles. The molecule has 0 aliphatic carbocycles. The van der Waals surface area contributed by atoms with Gasteiger partial charge in [-0.1, -0.05) is 12.1 Å². The number of ether oxygens (including phenoxy) is 1. The summed E-state index contributed by atoms with van der Waals surface area (Å²) in [5.74, 6) is -0.861. The highest BCUT2D eigenvalue weighted by atomic mass is 32.2. The number of carbonyl (C=O) groups excluding carboxylic acids is 1. The monoisotopic (exact) mass is 392 g/mol. The maximum Gasteiger partial charge on any atom is 0.339 e. The molecule has 0 N–H and O–H groups in total. The summed E-state index contributed by atoms with van der Waals surface area (Å²) >= 11 is 0. The number of hydrogen-bond acceptors (Lipinski definition) is 5. The Morgan fingerprint density at radius 3 is 2.37 bits per heavy atom. The van der Waals surface area contributed by atoms with Crippen LogP contribution in [0.5, 0.6) is 0 Å². The van der Waals surface area contributed by atoms with E-state index >= 15 is 0 Å². The zero-order valence-corrected chi connectivity index (χ0v) is 16.0. The highest BCUT2D eigenvalue weighted by Gasteiger charge is 2.30. The fraction of sp³-hybridized carbons (Fsp3) is 0.316. The first-order valence-electron chi connectivity index (χ1n) is 8.53. The van der Waals surface area contributed by atoms with E-state index in [4.69, 9.17) is 4.74 Å². The van der Waals surface area contributed by atoms with E-state index in [0.29, 0.717) is 24.2 Å². The van der Waals surface area contributed by atoms with Crippen molar-refractivity contribution in [1.82, 2.24) is 4.31 Å². The first kappa shape index (κ1) is 19.3. The molecule has 6 nitrogen and oxygen atoms in total. The lowest BCUT2D eigenvalue weighted by atomic mass is 10.1. The maximum absolute atomic E-state index is 13.4. The molecule has 0 atom stereocenters. The smallest absolute Gasteiger partial charge is 0.339 e. The Balaban J connectivity index is 1.78. The van der Waals surface area contributed by atoms with Gasteiger partial charge in [0, 0.05) is 26.2 Å². The highest BCUT2D eigenvalue weighted by Crippen LogP contribution is 2.25. The quantitative estimate of drug-likeness (QED) is 0.748. The lowest BCUT2D eigenvalue weighted by Crippen LogP contribution is -2.49. The van der Waals surface area contributed by atoms with Gasteiger partial charge < -0.3 is 9.64 Å². The summed E-state index contributed by atoms with van der Waals surface area (Å²) in [7, 11) is -2.36. The van der Waals surface area contributed by atoms with Crippen molar-refractivity contribution in [2.45, 2.75) is 11.8 Å². The third-order valence-corrected chi connectivity index (χ3v) is 6.55. The number of nitrogens with zero attached hydrogens (tertiary/aromatic N) is 2. The van der Waals surface area contributed by atoms with Crippen LogP contribution in [0.2, 0.25) is 0 Å². The first-order chi connectivity index (χ1) is 12.8. The number of carbonyl (C=O) groups is 1. The van der Waals surface area contributed by atoms with E-state index in [-0.39, 0.29) is 18.0 Å². The third-order valence-electron chi connectivity index (χ3n) is 4.66. The predicted molar refractivity (Wildman–Crippen MR) is 99.9 cm³/mol. The van der Waals surface area contributed by atoms with Gasteiger partial charge in [0.2, 0.25) is 10.0 Å². The predicted octanol–water partition coefficient (Wildman–Crippen LogP) is 2.43. The average molecular weight is 392 g/mol. The fourth-order valence-electron chi connectivity index (χ4n) is 3.13. The molecule has 0 radical (unpaired) electrons. The van der Waals surface area contributed by atoms with Crippen LogP contribution >= 0.6 is 0 Å². The maximum atomic E-state index is 13.4. The Morgan fingerprint density at radius 1 is 1.07 bits per heavy atom. The molecular formula is C19H21FN2O4S. The van der Waals surface area contributed by atoms with E-state index in [9.17, 15) is 17.6 Å². The summed E-state index contributed by atoms with van der Waals surface area (Å²) in [4.78, 5) is 14.0. The van der Waals surface area contributed by atoms with Crippen LogP contribution < -0.4 is 4.90 Å². The number of aryl methyl sites for hydroxylation is 1. The minimum atomic E-state index is -3.69. The molecule has 27 heavy (non-hydrogen) atoms. The summed E-state index contributed by atoms with van der Waals surface area (Å²) in [5, 5.41) is 0. The number of methoxy groups -OCH3 is 1. The number of anilines is 1. The zero-order valence-electron chi connectivity index (χ0n) is 15.2. The first-order valence-corrected chi connectivity index (χ1v) is 9.97. The molecule has 0 unspecified atom stereocenters. The molecule has 0 amide bonds. The third kappa shape index (κ3) is 3.81. The van der Waals surface area contributed by atoms with Crippen molar-refractivity contribution in [3.63, 3.8) is 0 Å². The van der Waals surface area contributed by atoms with Gasteiger partial charge in [-0.15, -0.1) is 0 Å². The number of benzene rings is 2. The molecule has 1 fully saturated rings. The van der Waals surface area contributed by atoms with E-state index in [1.54, 1.807) is 12.1 Å². The Morgan fingerprint density at radius 2 is 1.74 bits per heavy atom. The van der Waals surface area contributed by atoms with Gasteiger partial charge in [-0.05, 0) is 42.8 Å². The summed E-state index contributed by atoms with van der Waals surface area (Å²) in [5.41, 5.74) is 1.46. The van der Waals surface area contributed by atoms with E-state index in [0.717, 1.165) is 5.69 Å². The molecule has 0 spiro atoms. The number of piperazine rings is 1. The molecule has 2 aromatic rings. The average Bonchev–Trinajstić information content (AvgIpc) is 2.69.